The topological polar surface area (TPSA) is 35.5 Å². The van der Waals surface area contributed by atoms with E-state index < -0.39 is 0 Å². The molecule has 90 valence electrons. The van der Waals surface area contributed by atoms with Gasteiger partial charge in [-0.15, -0.1) is 0 Å². The Morgan fingerprint density at radius 3 is 2.93 bits per heavy atom. The van der Waals surface area contributed by atoms with E-state index in [2.05, 4.69) is 24.1 Å². The lowest BCUT2D eigenvalue weighted by molar-refractivity contribution is 0.122. The van der Waals surface area contributed by atoms with Gasteiger partial charge in [-0.05, 0) is 31.8 Å². The summed E-state index contributed by atoms with van der Waals surface area (Å²) < 4.78 is 0. The molecule has 1 aliphatic heterocycles. The molecule has 2 unspecified atom stereocenters. The Labute approximate surface area is 93.9 Å². The van der Waals surface area contributed by atoms with Crippen molar-refractivity contribution in [3.63, 3.8) is 0 Å². The van der Waals surface area contributed by atoms with Gasteiger partial charge in [0.25, 0.3) is 0 Å². The first-order valence-electron chi connectivity index (χ1n) is 6.37. The van der Waals surface area contributed by atoms with E-state index in [4.69, 9.17) is 0 Å². The fraction of sp³-hybridized carbons (Fsp3) is 1.00. The minimum Gasteiger partial charge on any atom is -0.390 e. The van der Waals surface area contributed by atoms with Gasteiger partial charge >= 0.3 is 0 Å². The van der Waals surface area contributed by atoms with Gasteiger partial charge < -0.3 is 15.3 Å². The van der Waals surface area contributed by atoms with E-state index in [0.717, 1.165) is 25.6 Å². The van der Waals surface area contributed by atoms with Crippen molar-refractivity contribution in [3.05, 3.63) is 0 Å². The van der Waals surface area contributed by atoms with Gasteiger partial charge in [0, 0.05) is 19.6 Å². The Morgan fingerprint density at radius 2 is 2.27 bits per heavy atom. The van der Waals surface area contributed by atoms with Crippen molar-refractivity contribution in [1.29, 1.82) is 0 Å². The van der Waals surface area contributed by atoms with Gasteiger partial charge in [-0.1, -0.05) is 20.3 Å². The van der Waals surface area contributed by atoms with Crippen molar-refractivity contribution in [2.45, 2.75) is 39.2 Å². The molecule has 1 aliphatic rings. The molecule has 1 fully saturated rings. The number of hydrogen-bond acceptors (Lipinski definition) is 3. The fourth-order valence-electron chi connectivity index (χ4n) is 2.40. The van der Waals surface area contributed by atoms with Crippen LogP contribution in [0.1, 0.15) is 33.1 Å². The van der Waals surface area contributed by atoms with Crippen molar-refractivity contribution in [3.8, 4) is 0 Å². The van der Waals surface area contributed by atoms with Crippen molar-refractivity contribution >= 4 is 0 Å². The predicted molar refractivity (Wildman–Crippen MR) is 64.0 cm³/mol. The van der Waals surface area contributed by atoms with Crippen LogP contribution in [0.25, 0.3) is 0 Å². The zero-order chi connectivity index (χ0) is 11.1. The van der Waals surface area contributed by atoms with Crippen LogP contribution in [0.4, 0.5) is 0 Å². The second kappa shape index (κ2) is 7.20. The Morgan fingerprint density at radius 1 is 1.47 bits per heavy atom. The molecule has 0 aromatic rings. The molecule has 1 heterocycles. The van der Waals surface area contributed by atoms with Crippen LogP contribution in [0, 0.1) is 5.92 Å². The highest BCUT2D eigenvalue weighted by molar-refractivity contribution is 4.77. The van der Waals surface area contributed by atoms with Crippen molar-refractivity contribution < 1.29 is 5.11 Å². The molecule has 0 radical (unpaired) electrons. The molecule has 2 atom stereocenters. The summed E-state index contributed by atoms with van der Waals surface area (Å²) in [6.45, 7) is 9.20. The average Bonchev–Trinajstić information content (AvgIpc) is 2.63. The molecular weight excluding hydrogens is 188 g/mol. The fourth-order valence-corrected chi connectivity index (χ4v) is 2.40. The van der Waals surface area contributed by atoms with Crippen LogP contribution < -0.4 is 5.32 Å². The first-order chi connectivity index (χ1) is 7.26. The molecule has 2 N–H and O–H groups in total. The summed E-state index contributed by atoms with van der Waals surface area (Å²) in [5, 5.41) is 12.9. The largest absolute Gasteiger partial charge is 0.390 e. The summed E-state index contributed by atoms with van der Waals surface area (Å²) >= 11 is 0. The number of β-amino-alcohol motifs (C(OH)–C–C–N with tert-alkyl or cyclic N) is 1. The maximum atomic E-state index is 9.75. The normalized spacial score (nSPS) is 24.6. The number of nitrogens with zero attached hydrogens (tertiary/aromatic N) is 1. The van der Waals surface area contributed by atoms with Gasteiger partial charge in [-0.2, -0.15) is 0 Å². The molecular formula is C12H26N2O. The SMILES string of the molecule is CCCC1CCN(CC(O)CNCC)C1. The van der Waals surface area contributed by atoms with Crippen LogP contribution in [0.5, 0.6) is 0 Å². The minimum absolute atomic E-state index is 0.203. The van der Waals surface area contributed by atoms with Gasteiger partial charge in [0.1, 0.15) is 0 Å². The number of likely N-dealkylation sites (N-methyl/N-ethyl adjacent to an activating group) is 1. The van der Waals surface area contributed by atoms with Crippen molar-refractivity contribution in [2.24, 2.45) is 5.92 Å². The molecule has 0 bridgehead atoms. The quantitative estimate of drug-likeness (QED) is 0.665. The van der Waals surface area contributed by atoms with Crippen LogP contribution >= 0.6 is 0 Å². The average molecular weight is 214 g/mol. The zero-order valence-electron chi connectivity index (χ0n) is 10.2. The van der Waals surface area contributed by atoms with E-state index in [9.17, 15) is 5.11 Å². The highest BCUT2D eigenvalue weighted by atomic mass is 16.3. The van der Waals surface area contributed by atoms with Crippen LogP contribution in [0.2, 0.25) is 0 Å². The molecule has 1 rings (SSSR count). The molecule has 0 amide bonds. The highest BCUT2D eigenvalue weighted by Crippen LogP contribution is 2.20. The van der Waals surface area contributed by atoms with E-state index in [1.54, 1.807) is 0 Å². The second-order valence-corrected chi connectivity index (χ2v) is 4.66. The lowest BCUT2D eigenvalue weighted by Gasteiger charge is -2.20. The van der Waals surface area contributed by atoms with E-state index in [0.29, 0.717) is 0 Å². The molecule has 3 heteroatoms. The number of rotatable bonds is 7. The van der Waals surface area contributed by atoms with Crippen LogP contribution in [0.15, 0.2) is 0 Å². The van der Waals surface area contributed by atoms with Crippen LogP contribution in [-0.2, 0) is 0 Å². The third kappa shape index (κ3) is 4.96. The molecule has 0 aromatic heterocycles. The first kappa shape index (κ1) is 12.9. The lowest BCUT2D eigenvalue weighted by Crippen LogP contribution is -2.37. The summed E-state index contributed by atoms with van der Waals surface area (Å²) in [7, 11) is 0. The third-order valence-corrected chi connectivity index (χ3v) is 3.17. The maximum Gasteiger partial charge on any atom is 0.0791 e. The van der Waals surface area contributed by atoms with Gasteiger partial charge in [0.05, 0.1) is 6.10 Å². The number of aliphatic hydroxyl groups excluding tert-OH is 1. The molecule has 0 spiro atoms. The number of likely N-dealkylation sites (tertiary alicyclic amines) is 1. The van der Waals surface area contributed by atoms with Gasteiger partial charge in [0.2, 0.25) is 0 Å². The summed E-state index contributed by atoms with van der Waals surface area (Å²) in [4.78, 5) is 2.41. The lowest BCUT2D eigenvalue weighted by atomic mass is 10.0. The van der Waals surface area contributed by atoms with Gasteiger partial charge in [0.15, 0.2) is 0 Å². The number of hydrogen-bond donors (Lipinski definition) is 2. The van der Waals surface area contributed by atoms with Crippen molar-refractivity contribution in [2.75, 3.05) is 32.7 Å². The minimum atomic E-state index is -0.203. The summed E-state index contributed by atoms with van der Waals surface area (Å²) in [6.07, 6.45) is 3.75. The zero-order valence-corrected chi connectivity index (χ0v) is 10.2. The third-order valence-electron chi connectivity index (χ3n) is 3.17. The van der Waals surface area contributed by atoms with Gasteiger partial charge in [-0.25, -0.2) is 0 Å². The van der Waals surface area contributed by atoms with E-state index in [1.807, 2.05) is 0 Å². The van der Waals surface area contributed by atoms with Crippen LogP contribution in [-0.4, -0.2) is 48.8 Å². The molecule has 15 heavy (non-hydrogen) atoms. The number of aliphatic hydroxyl groups is 1. The first-order valence-corrected chi connectivity index (χ1v) is 6.37. The predicted octanol–water partition coefficient (Wildman–Crippen LogP) is 1.08. The van der Waals surface area contributed by atoms with Crippen LogP contribution in [0.3, 0.4) is 0 Å². The maximum absolute atomic E-state index is 9.75. The van der Waals surface area contributed by atoms with Crippen molar-refractivity contribution in [1.82, 2.24) is 10.2 Å². The Balaban J connectivity index is 2.12. The Kier molecular flexibility index (Phi) is 6.22. The summed E-state index contributed by atoms with van der Waals surface area (Å²) in [5.41, 5.74) is 0. The number of nitrogens with one attached hydrogen (secondary N) is 1. The standard InChI is InChI=1S/C12H26N2O/c1-3-5-11-6-7-14(9-11)10-12(15)8-13-4-2/h11-13,15H,3-10H2,1-2H3. The molecule has 0 saturated carbocycles. The van der Waals surface area contributed by atoms with Gasteiger partial charge in [-0.3, -0.25) is 0 Å². The Bertz CT molecular complexity index is 164. The van der Waals surface area contributed by atoms with E-state index in [-0.39, 0.29) is 6.10 Å². The highest BCUT2D eigenvalue weighted by Gasteiger charge is 2.22. The molecule has 1 saturated heterocycles. The smallest absolute Gasteiger partial charge is 0.0791 e. The molecule has 3 nitrogen and oxygen atoms in total. The van der Waals surface area contributed by atoms with E-state index >= 15 is 0 Å². The second-order valence-electron chi connectivity index (χ2n) is 4.66. The molecule has 0 aromatic carbocycles. The monoisotopic (exact) mass is 214 g/mol. The summed E-state index contributed by atoms with van der Waals surface area (Å²) in [6, 6.07) is 0. The Hall–Kier alpha value is -0.120. The summed E-state index contributed by atoms with van der Waals surface area (Å²) in [5.74, 6) is 0.876. The van der Waals surface area contributed by atoms with E-state index in [1.165, 1.54) is 32.4 Å². The molecule has 0 aliphatic carbocycles.